The minimum absolute atomic E-state index is 0.0864. The summed E-state index contributed by atoms with van der Waals surface area (Å²) in [6.07, 6.45) is 2.54. The van der Waals surface area contributed by atoms with Gasteiger partial charge in [0.1, 0.15) is 17.3 Å². The van der Waals surface area contributed by atoms with Gasteiger partial charge in [-0.25, -0.2) is 14.0 Å². The standard InChI is InChI=1S/C29H28FN3O6/c1-2-5-16-13-31-14-21(25-19-9-8-18(30)12-23(19)39-32-25)24(16)20-10-11-33-15-17-6-3-4-7-22(17)37-29(26(20)33)38-28(36)27(34)35/h3-4,6-12,16,21,24,29,31H,2,5,13-15H2,1H3,(H,34,35). The number of aromatic nitrogens is 2. The highest BCUT2D eigenvalue weighted by atomic mass is 19.1. The number of ether oxygens (including phenoxy) is 2. The van der Waals surface area contributed by atoms with Crippen molar-refractivity contribution < 1.29 is 33.1 Å². The average Bonchev–Trinajstić information content (AvgIpc) is 3.49. The smallest absolute Gasteiger partial charge is 0.420 e. The van der Waals surface area contributed by atoms with Crippen LogP contribution in [0.3, 0.4) is 0 Å². The molecule has 4 aromatic rings. The second-order valence-corrected chi connectivity index (χ2v) is 10.1. The predicted octanol–water partition coefficient (Wildman–Crippen LogP) is 4.72. The van der Waals surface area contributed by atoms with Gasteiger partial charge in [0.15, 0.2) is 5.58 Å². The normalized spacial score (nSPS) is 22.4. The van der Waals surface area contributed by atoms with Gasteiger partial charge in [-0.05, 0) is 54.6 Å². The molecule has 0 amide bonds. The van der Waals surface area contributed by atoms with E-state index in [1.807, 2.05) is 35.0 Å². The van der Waals surface area contributed by atoms with Crippen molar-refractivity contribution >= 4 is 22.9 Å². The van der Waals surface area contributed by atoms with E-state index in [9.17, 15) is 19.1 Å². The fourth-order valence-electron chi connectivity index (χ4n) is 6.12. The van der Waals surface area contributed by atoms with Crippen LogP contribution in [0, 0.1) is 11.7 Å². The summed E-state index contributed by atoms with van der Waals surface area (Å²) in [6.45, 7) is 3.97. The molecule has 2 N–H and O–H groups in total. The molecule has 6 rings (SSSR count). The topological polar surface area (TPSA) is 116 Å². The Labute approximate surface area is 223 Å². The maximum atomic E-state index is 13.9. The van der Waals surface area contributed by atoms with E-state index in [2.05, 4.69) is 17.4 Å². The predicted molar refractivity (Wildman–Crippen MR) is 138 cm³/mol. The van der Waals surface area contributed by atoms with Crippen LogP contribution in [0.1, 0.15) is 60.4 Å². The summed E-state index contributed by atoms with van der Waals surface area (Å²) < 4.78 is 33.0. The number of hydrogen-bond acceptors (Lipinski definition) is 7. The fourth-order valence-corrected chi connectivity index (χ4v) is 6.12. The zero-order valence-corrected chi connectivity index (χ0v) is 21.3. The third-order valence-corrected chi connectivity index (χ3v) is 7.74. The zero-order valence-electron chi connectivity index (χ0n) is 21.3. The summed E-state index contributed by atoms with van der Waals surface area (Å²) in [6, 6.07) is 13.8. The van der Waals surface area contributed by atoms with Crippen LogP contribution in [0.2, 0.25) is 0 Å². The molecule has 2 aromatic heterocycles. The maximum Gasteiger partial charge on any atom is 0.420 e. The molecule has 10 heteroatoms. The number of aliphatic carboxylic acids is 1. The molecular formula is C29H28FN3O6. The Morgan fingerprint density at radius 3 is 2.87 bits per heavy atom. The van der Waals surface area contributed by atoms with Crippen LogP contribution < -0.4 is 10.1 Å². The molecule has 4 atom stereocenters. The van der Waals surface area contributed by atoms with Gasteiger partial charge in [-0.3, -0.25) is 0 Å². The minimum atomic E-state index is -1.69. The lowest BCUT2D eigenvalue weighted by molar-refractivity contribution is -0.178. The largest absolute Gasteiger partial charge is 0.473 e. The number of hydrogen-bond donors (Lipinski definition) is 2. The number of para-hydroxylation sites is 1. The van der Waals surface area contributed by atoms with Crippen LogP contribution in [-0.4, -0.2) is 39.9 Å². The lowest BCUT2D eigenvalue weighted by atomic mass is 9.71. The lowest BCUT2D eigenvalue weighted by Gasteiger charge is -2.39. The van der Waals surface area contributed by atoms with Gasteiger partial charge < -0.3 is 29.0 Å². The number of carbonyl (C=O) groups excluding carboxylic acids is 1. The van der Waals surface area contributed by atoms with Crippen molar-refractivity contribution in [2.45, 2.75) is 44.4 Å². The second kappa shape index (κ2) is 10.2. The van der Waals surface area contributed by atoms with Gasteiger partial charge >= 0.3 is 11.9 Å². The number of esters is 1. The third kappa shape index (κ3) is 4.54. The first-order valence-electron chi connectivity index (χ1n) is 13.1. The number of nitrogens with one attached hydrogen (secondary N) is 1. The third-order valence-electron chi connectivity index (χ3n) is 7.74. The molecule has 2 aliphatic rings. The number of piperidine rings is 1. The van der Waals surface area contributed by atoms with Crippen molar-refractivity contribution in [2.75, 3.05) is 13.1 Å². The highest BCUT2D eigenvalue weighted by Crippen LogP contribution is 2.47. The van der Waals surface area contributed by atoms with Crippen LogP contribution in [-0.2, 0) is 20.9 Å². The van der Waals surface area contributed by atoms with Crippen LogP contribution in [0.4, 0.5) is 4.39 Å². The number of rotatable bonds is 5. The number of carbonyl (C=O) groups is 2. The first-order valence-corrected chi connectivity index (χ1v) is 13.1. The molecule has 0 saturated carbocycles. The van der Waals surface area contributed by atoms with E-state index >= 15 is 0 Å². The van der Waals surface area contributed by atoms with Crippen LogP contribution in [0.5, 0.6) is 5.75 Å². The van der Waals surface area contributed by atoms with E-state index in [1.165, 1.54) is 12.1 Å². The molecule has 2 aromatic carbocycles. The van der Waals surface area contributed by atoms with E-state index in [0.717, 1.165) is 41.6 Å². The van der Waals surface area contributed by atoms with E-state index < -0.39 is 24.0 Å². The quantitative estimate of drug-likeness (QED) is 0.280. The van der Waals surface area contributed by atoms with Gasteiger partial charge in [0.2, 0.25) is 0 Å². The molecule has 4 unspecified atom stereocenters. The van der Waals surface area contributed by atoms with Crippen molar-refractivity contribution in [1.82, 2.24) is 15.0 Å². The van der Waals surface area contributed by atoms with Gasteiger partial charge in [-0.2, -0.15) is 0 Å². The molecule has 4 heterocycles. The number of nitrogens with zero attached hydrogens (tertiary/aromatic N) is 2. The SMILES string of the molecule is CCCC1CNCC(c2noc3cc(F)ccc23)C1c1ccn2c1C(OC(=O)C(=O)O)Oc1ccccc1C2. The Morgan fingerprint density at radius 1 is 1.21 bits per heavy atom. The van der Waals surface area contributed by atoms with Gasteiger partial charge in [-0.15, -0.1) is 0 Å². The van der Waals surface area contributed by atoms with Gasteiger partial charge in [-0.1, -0.05) is 36.7 Å². The highest BCUT2D eigenvalue weighted by molar-refractivity contribution is 6.28. The number of halogens is 1. The van der Waals surface area contributed by atoms with Crippen molar-refractivity contribution in [3.8, 4) is 5.75 Å². The summed E-state index contributed by atoms with van der Waals surface area (Å²) in [7, 11) is 0. The molecule has 1 saturated heterocycles. The first-order chi connectivity index (χ1) is 18.9. The van der Waals surface area contributed by atoms with Crippen LogP contribution in [0.25, 0.3) is 11.0 Å². The molecule has 9 nitrogen and oxygen atoms in total. The number of carboxylic acid groups (broad SMARTS) is 1. The molecule has 202 valence electrons. The van der Waals surface area contributed by atoms with E-state index in [-0.39, 0.29) is 17.8 Å². The van der Waals surface area contributed by atoms with Gasteiger partial charge in [0, 0.05) is 35.7 Å². The molecule has 1 fully saturated rings. The maximum absolute atomic E-state index is 13.9. The first kappa shape index (κ1) is 25.1. The molecule has 0 aliphatic carbocycles. The van der Waals surface area contributed by atoms with Crippen LogP contribution in [0.15, 0.2) is 59.3 Å². The van der Waals surface area contributed by atoms with Crippen molar-refractivity contribution in [2.24, 2.45) is 5.92 Å². The Kier molecular flexibility index (Phi) is 6.56. The summed E-state index contributed by atoms with van der Waals surface area (Å²) in [5.41, 5.74) is 3.47. The average molecular weight is 534 g/mol. The summed E-state index contributed by atoms with van der Waals surface area (Å²) >= 11 is 0. The molecule has 0 spiro atoms. The monoisotopic (exact) mass is 533 g/mol. The van der Waals surface area contributed by atoms with Crippen molar-refractivity contribution in [3.63, 3.8) is 0 Å². The zero-order chi connectivity index (χ0) is 27.1. The molecule has 2 aliphatic heterocycles. The van der Waals surface area contributed by atoms with E-state index in [1.54, 1.807) is 12.1 Å². The molecule has 39 heavy (non-hydrogen) atoms. The number of fused-ring (bicyclic) bond motifs is 3. The Hall–Kier alpha value is -4.18. The van der Waals surface area contributed by atoms with E-state index in [4.69, 9.17) is 14.0 Å². The summed E-state index contributed by atoms with van der Waals surface area (Å²) in [5.74, 6) is -3.01. The minimum Gasteiger partial charge on any atom is -0.473 e. The van der Waals surface area contributed by atoms with Crippen LogP contribution >= 0.6 is 0 Å². The molecular weight excluding hydrogens is 505 g/mol. The lowest BCUT2D eigenvalue weighted by Crippen LogP contribution is -2.41. The van der Waals surface area contributed by atoms with Crippen molar-refractivity contribution in [3.05, 3.63) is 83.1 Å². The van der Waals surface area contributed by atoms with Gasteiger partial charge in [0.05, 0.1) is 12.2 Å². The summed E-state index contributed by atoms with van der Waals surface area (Å²) in [5, 5.41) is 18.0. The van der Waals surface area contributed by atoms with Crippen molar-refractivity contribution in [1.29, 1.82) is 0 Å². The number of carboxylic acids is 1. The second-order valence-electron chi connectivity index (χ2n) is 10.1. The highest BCUT2D eigenvalue weighted by Gasteiger charge is 2.42. The Balaban J connectivity index is 1.49. The Bertz CT molecular complexity index is 1540. The Morgan fingerprint density at radius 2 is 2.05 bits per heavy atom. The molecule has 0 radical (unpaired) electrons. The van der Waals surface area contributed by atoms with Gasteiger partial charge in [0.25, 0.3) is 6.29 Å². The molecule has 0 bridgehead atoms. The van der Waals surface area contributed by atoms with E-state index in [0.29, 0.717) is 30.1 Å². The fraction of sp³-hybridized carbons (Fsp3) is 0.345. The summed E-state index contributed by atoms with van der Waals surface area (Å²) in [4.78, 5) is 23.7. The number of benzene rings is 2.